The van der Waals surface area contributed by atoms with E-state index in [0.29, 0.717) is 31.9 Å². The van der Waals surface area contributed by atoms with Crippen molar-refractivity contribution in [3.05, 3.63) is 40.2 Å². The van der Waals surface area contributed by atoms with Crippen molar-refractivity contribution >= 4 is 33.9 Å². The second kappa shape index (κ2) is 7.54. The Balaban J connectivity index is 1.73. The van der Waals surface area contributed by atoms with Gasteiger partial charge in [-0.25, -0.2) is 14.8 Å². The van der Waals surface area contributed by atoms with Crippen LogP contribution in [0.5, 0.6) is 5.75 Å². The highest BCUT2D eigenvalue weighted by Gasteiger charge is 2.17. The third kappa shape index (κ3) is 3.98. The van der Waals surface area contributed by atoms with E-state index in [2.05, 4.69) is 36.4 Å². The summed E-state index contributed by atoms with van der Waals surface area (Å²) in [6.45, 7) is 2.21. The average Bonchev–Trinajstić information content (AvgIpc) is 2.60. The molecule has 0 saturated carbocycles. The van der Waals surface area contributed by atoms with E-state index in [0.717, 1.165) is 10.7 Å². The van der Waals surface area contributed by atoms with Gasteiger partial charge in [0, 0.05) is 23.1 Å². The van der Waals surface area contributed by atoms with Gasteiger partial charge in [0.1, 0.15) is 5.75 Å². The molecule has 1 aliphatic heterocycles. The molecular formula is C15H15BrFN5O2. The molecule has 0 spiro atoms. The van der Waals surface area contributed by atoms with Crippen molar-refractivity contribution in [2.75, 3.05) is 36.6 Å². The second-order valence-electron chi connectivity index (χ2n) is 5.04. The topological polar surface area (TPSA) is 82.9 Å². The number of nitrogens with one attached hydrogen (secondary N) is 1. The molecule has 2 aromatic rings. The summed E-state index contributed by atoms with van der Waals surface area (Å²) in [6.07, 6.45) is 2.54. The van der Waals surface area contributed by atoms with Crippen LogP contribution < -0.4 is 10.3 Å². The Morgan fingerprint density at radius 2 is 2.17 bits per heavy atom. The Kier molecular flexibility index (Phi) is 5.21. The number of nitrogens with zero attached hydrogens (tertiary/aromatic N) is 4. The first-order chi connectivity index (χ1) is 11.6. The Bertz CT molecular complexity index is 753. The van der Waals surface area contributed by atoms with E-state index < -0.39 is 5.82 Å². The highest BCUT2D eigenvalue weighted by Crippen LogP contribution is 2.21. The lowest BCUT2D eigenvalue weighted by Gasteiger charge is -2.27. The summed E-state index contributed by atoms with van der Waals surface area (Å²) in [5, 5.41) is 13.7. The van der Waals surface area contributed by atoms with Gasteiger partial charge in [0.2, 0.25) is 5.95 Å². The van der Waals surface area contributed by atoms with Crippen molar-refractivity contribution in [2.24, 2.45) is 5.10 Å². The van der Waals surface area contributed by atoms with Gasteiger partial charge >= 0.3 is 0 Å². The van der Waals surface area contributed by atoms with E-state index in [1.165, 1.54) is 6.21 Å². The van der Waals surface area contributed by atoms with Gasteiger partial charge in [0.05, 0.1) is 25.6 Å². The molecule has 2 heterocycles. The molecule has 0 amide bonds. The Morgan fingerprint density at radius 3 is 2.96 bits per heavy atom. The maximum absolute atomic E-state index is 13.9. The monoisotopic (exact) mass is 395 g/mol. The van der Waals surface area contributed by atoms with Crippen LogP contribution >= 0.6 is 15.9 Å². The molecule has 1 aliphatic rings. The molecule has 24 heavy (non-hydrogen) atoms. The molecule has 0 bridgehead atoms. The van der Waals surface area contributed by atoms with Gasteiger partial charge in [-0.2, -0.15) is 10.1 Å². The zero-order valence-corrected chi connectivity index (χ0v) is 14.2. The lowest BCUT2D eigenvalue weighted by atomic mass is 10.2. The molecule has 7 nitrogen and oxygen atoms in total. The van der Waals surface area contributed by atoms with Crippen LogP contribution in [0.25, 0.3) is 0 Å². The second-order valence-corrected chi connectivity index (χ2v) is 5.95. The highest BCUT2D eigenvalue weighted by atomic mass is 79.9. The molecule has 1 aromatic heterocycles. The predicted molar refractivity (Wildman–Crippen MR) is 92.0 cm³/mol. The van der Waals surface area contributed by atoms with Gasteiger partial charge in [0.15, 0.2) is 11.6 Å². The quantitative estimate of drug-likeness (QED) is 0.610. The number of phenols is 1. The fraction of sp³-hybridized carbons (Fsp3) is 0.267. The highest BCUT2D eigenvalue weighted by molar-refractivity contribution is 9.10. The third-order valence-corrected chi connectivity index (χ3v) is 3.89. The number of anilines is 2. The zero-order chi connectivity index (χ0) is 16.9. The normalized spacial score (nSPS) is 15.0. The van der Waals surface area contributed by atoms with E-state index in [1.807, 2.05) is 0 Å². The molecule has 0 atom stereocenters. The number of ether oxygens (including phenoxy) is 1. The van der Waals surface area contributed by atoms with Crippen molar-refractivity contribution in [1.29, 1.82) is 0 Å². The first kappa shape index (κ1) is 16.6. The zero-order valence-electron chi connectivity index (χ0n) is 12.6. The third-order valence-electron chi connectivity index (χ3n) is 3.39. The van der Waals surface area contributed by atoms with Crippen LogP contribution in [0.15, 0.2) is 34.0 Å². The molecule has 1 saturated heterocycles. The molecule has 2 N–H and O–H groups in total. The van der Waals surface area contributed by atoms with Crippen LogP contribution in [-0.4, -0.2) is 47.6 Å². The van der Waals surface area contributed by atoms with Gasteiger partial charge in [-0.05, 0) is 18.2 Å². The number of aromatic hydroxyl groups is 1. The molecule has 1 fully saturated rings. The lowest BCUT2D eigenvalue weighted by molar-refractivity contribution is 0.122. The molecule has 3 rings (SSSR count). The summed E-state index contributed by atoms with van der Waals surface area (Å²) in [5.74, 6) is -0.00576. The average molecular weight is 396 g/mol. The van der Waals surface area contributed by atoms with E-state index in [9.17, 15) is 9.50 Å². The van der Waals surface area contributed by atoms with Crippen LogP contribution in [0.1, 0.15) is 5.56 Å². The summed E-state index contributed by atoms with van der Waals surface area (Å²) in [4.78, 5) is 9.82. The predicted octanol–water partition coefficient (Wildman–Crippen LogP) is 2.37. The maximum Gasteiger partial charge on any atom is 0.245 e. The number of benzene rings is 1. The van der Waals surface area contributed by atoms with E-state index in [-0.39, 0.29) is 17.5 Å². The summed E-state index contributed by atoms with van der Waals surface area (Å²) in [6, 6.07) is 4.99. The summed E-state index contributed by atoms with van der Waals surface area (Å²) in [7, 11) is 0. The minimum absolute atomic E-state index is 0.0952. The largest absolute Gasteiger partial charge is 0.507 e. The number of morpholine rings is 1. The Morgan fingerprint density at radius 1 is 1.38 bits per heavy atom. The van der Waals surface area contributed by atoms with Gasteiger partial charge < -0.3 is 14.7 Å². The van der Waals surface area contributed by atoms with E-state index >= 15 is 0 Å². The van der Waals surface area contributed by atoms with Gasteiger partial charge in [-0.15, -0.1) is 0 Å². The fourth-order valence-electron chi connectivity index (χ4n) is 2.20. The summed E-state index contributed by atoms with van der Waals surface area (Å²) < 4.78 is 20.0. The molecule has 0 radical (unpaired) electrons. The van der Waals surface area contributed by atoms with Gasteiger partial charge in [-0.3, -0.25) is 0 Å². The number of phenolic OH excluding ortho intramolecular Hbond substituents is 1. The molecule has 1 aromatic carbocycles. The van der Waals surface area contributed by atoms with Crippen molar-refractivity contribution in [1.82, 2.24) is 9.97 Å². The van der Waals surface area contributed by atoms with Crippen molar-refractivity contribution < 1.29 is 14.2 Å². The van der Waals surface area contributed by atoms with Gasteiger partial charge in [-0.1, -0.05) is 15.9 Å². The SMILES string of the molecule is Oc1ccc(Br)cc1/C=N\Nc1ncc(F)c(N2CCOCC2)n1. The number of rotatable bonds is 4. The molecule has 9 heteroatoms. The van der Waals surface area contributed by atoms with Crippen LogP contribution in [0.3, 0.4) is 0 Å². The fourth-order valence-corrected chi connectivity index (χ4v) is 2.58. The number of hydrogen-bond acceptors (Lipinski definition) is 7. The minimum atomic E-state index is -0.490. The van der Waals surface area contributed by atoms with Crippen LogP contribution in [-0.2, 0) is 4.74 Å². The number of halogens is 2. The van der Waals surface area contributed by atoms with Crippen LogP contribution in [0, 0.1) is 5.82 Å². The van der Waals surface area contributed by atoms with E-state index in [4.69, 9.17) is 4.74 Å². The minimum Gasteiger partial charge on any atom is -0.507 e. The maximum atomic E-state index is 13.9. The Labute approximate surface area is 146 Å². The lowest BCUT2D eigenvalue weighted by Crippen LogP contribution is -2.37. The van der Waals surface area contributed by atoms with Crippen LogP contribution in [0.4, 0.5) is 16.2 Å². The molecular weight excluding hydrogens is 381 g/mol. The summed E-state index contributed by atoms with van der Waals surface area (Å²) in [5.41, 5.74) is 3.16. The first-order valence-electron chi connectivity index (χ1n) is 7.26. The summed E-state index contributed by atoms with van der Waals surface area (Å²) >= 11 is 3.32. The van der Waals surface area contributed by atoms with Crippen molar-refractivity contribution in [2.45, 2.75) is 0 Å². The standard InChI is InChI=1S/C15H15BrFN5O2/c16-11-1-2-13(23)10(7-11)8-19-21-15-18-9-12(17)14(20-15)22-3-5-24-6-4-22/h1-2,7-9,23H,3-6H2,(H,18,20,21)/b19-8-. The van der Waals surface area contributed by atoms with Crippen LogP contribution in [0.2, 0.25) is 0 Å². The van der Waals surface area contributed by atoms with Gasteiger partial charge in [0.25, 0.3) is 0 Å². The van der Waals surface area contributed by atoms with E-state index in [1.54, 1.807) is 23.1 Å². The Hall–Kier alpha value is -2.26. The first-order valence-corrected chi connectivity index (χ1v) is 8.05. The number of hydrogen-bond donors (Lipinski definition) is 2. The number of aromatic nitrogens is 2. The van der Waals surface area contributed by atoms with Crippen molar-refractivity contribution in [3.63, 3.8) is 0 Å². The molecule has 0 unspecified atom stereocenters. The van der Waals surface area contributed by atoms with Crippen molar-refractivity contribution in [3.8, 4) is 5.75 Å². The molecule has 0 aliphatic carbocycles. The smallest absolute Gasteiger partial charge is 0.245 e. The molecule has 126 valence electrons. The number of hydrazone groups is 1.